The summed E-state index contributed by atoms with van der Waals surface area (Å²) in [5, 5.41) is 2.97. The molecule has 4 rings (SSSR count). The zero-order valence-corrected chi connectivity index (χ0v) is 13.4. The van der Waals surface area contributed by atoms with E-state index >= 15 is 0 Å². The maximum absolute atomic E-state index is 13.1. The summed E-state index contributed by atoms with van der Waals surface area (Å²) in [7, 11) is 0. The molecule has 1 saturated carbocycles. The minimum Gasteiger partial charge on any atom is -0.331 e. The summed E-state index contributed by atoms with van der Waals surface area (Å²) in [5.41, 5.74) is 1.74. The van der Waals surface area contributed by atoms with Crippen molar-refractivity contribution in [1.82, 2.24) is 4.90 Å². The van der Waals surface area contributed by atoms with Crippen LogP contribution in [0.5, 0.6) is 0 Å². The molecule has 0 saturated heterocycles. The van der Waals surface area contributed by atoms with Crippen LogP contribution in [-0.4, -0.2) is 16.8 Å². The summed E-state index contributed by atoms with van der Waals surface area (Å²) in [4.78, 5) is 15.0. The van der Waals surface area contributed by atoms with Crippen molar-refractivity contribution >= 4 is 27.3 Å². The third-order valence-electron chi connectivity index (χ3n) is 4.23. The number of carbonyl (C=O) groups is 1. The predicted molar refractivity (Wildman–Crippen MR) is 91.1 cm³/mol. The van der Waals surface area contributed by atoms with Crippen LogP contribution in [0.15, 0.2) is 53.9 Å². The molecule has 1 heterocycles. The van der Waals surface area contributed by atoms with E-state index in [1.165, 1.54) is 12.1 Å². The average molecular weight is 325 g/mol. The van der Waals surface area contributed by atoms with E-state index in [4.69, 9.17) is 0 Å². The first-order valence-electron chi connectivity index (χ1n) is 7.74. The monoisotopic (exact) mass is 325 g/mol. The number of hydrogen-bond donors (Lipinski definition) is 0. The molecule has 1 aliphatic carbocycles. The number of thiophene rings is 1. The second-order valence-corrected chi connectivity index (χ2v) is 6.85. The lowest BCUT2D eigenvalue weighted by Crippen LogP contribution is -2.32. The van der Waals surface area contributed by atoms with Crippen LogP contribution in [0.3, 0.4) is 0 Å². The van der Waals surface area contributed by atoms with E-state index in [-0.39, 0.29) is 11.7 Å². The molecule has 1 aliphatic rings. The van der Waals surface area contributed by atoms with Crippen molar-refractivity contribution in [3.05, 3.63) is 70.9 Å². The molecule has 0 unspecified atom stereocenters. The van der Waals surface area contributed by atoms with Gasteiger partial charge in [-0.2, -0.15) is 0 Å². The van der Waals surface area contributed by atoms with Gasteiger partial charge in [0, 0.05) is 28.1 Å². The third-order valence-corrected chi connectivity index (χ3v) is 5.19. The standard InChI is InChI=1S/C19H16FNOS/c20-14-7-5-13(6-8-14)11-21(15-9-10-15)19(22)17-12-23-18-4-2-1-3-16(17)18/h1-8,12,15H,9-11H2. The van der Waals surface area contributed by atoms with Crippen LogP contribution in [0.4, 0.5) is 4.39 Å². The first-order chi connectivity index (χ1) is 11.2. The van der Waals surface area contributed by atoms with Crippen molar-refractivity contribution in [2.75, 3.05) is 0 Å². The number of halogens is 1. The first-order valence-corrected chi connectivity index (χ1v) is 8.62. The molecule has 0 radical (unpaired) electrons. The molecule has 0 N–H and O–H groups in total. The molecule has 2 aromatic carbocycles. The van der Waals surface area contributed by atoms with Gasteiger partial charge in [-0.05, 0) is 36.6 Å². The highest BCUT2D eigenvalue weighted by atomic mass is 32.1. The van der Waals surface area contributed by atoms with Crippen molar-refractivity contribution in [2.24, 2.45) is 0 Å². The molecular formula is C19H16FNOS. The highest BCUT2D eigenvalue weighted by molar-refractivity contribution is 7.17. The molecule has 23 heavy (non-hydrogen) atoms. The number of carbonyl (C=O) groups excluding carboxylic acids is 1. The summed E-state index contributed by atoms with van der Waals surface area (Å²) < 4.78 is 14.2. The Morgan fingerprint density at radius 3 is 2.61 bits per heavy atom. The van der Waals surface area contributed by atoms with Crippen LogP contribution >= 0.6 is 11.3 Å². The predicted octanol–water partition coefficient (Wildman–Crippen LogP) is 4.85. The lowest BCUT2D eigenvalue weighted by Gasteiger charge is -2.22. The molecule has 0 aliphatic heterocycles. The fourth-order valence-corrected chi connectivity index (χ4v) is 3.77. The second-order valence-electron chi connectivity index (χ2n) is 5.94. The Hall–Kier alpha value is -2.20. The van der Waals surface area contributed by atoms with Gasteiger partial charge >= 0.3 is 0 Å². The van der Waals surface area contributed by atoms with E-state index in [9.17, 15) is 9.18 Å². The Kier molecular flexibility index (Phi) is 3.62. The van der Waals surface area contributed by atoms with Gasteiger partial charge in [-0.3, -0.25) is 4.79 Å². The quantitative estimate of drug-likeness (QED) is 0.672. The molecule has 0 atom stereocenters. The molecular weight excluding hydrogens is 309 g/mol. The molecule has 4 heteroatoms. The number of nitrogens with zero attached hydrogens (tertiary/aromatic N) is 1. The van der Waals surface area contributed by atoms with Crippen LogP contribution in [0, 0.1) is 5.82 Å². The zero-order chi connectivity index (χ0) is 15.8. The van der Waals surface area contributed by atoms with Gasteiger partial charge in [0.05, 0.1) is 5.56 Å². The minimum atomic E-state index is -0.248. The Morgan fingerprint density at radius 2 is 1.87 bits per heavy atom. The molecule has 1 amide bonds. The molecule has 3 aromatic rings. The van der Waals surface area contributed by atoms with E-state index < -0.39 is 0 Å². The highest BCUT2D eigenvalue weighted by Crippen LogP contribution is 2.33. The SMILES string of the molecule is O=C(c1csc2ccccc12)N(Cc1ccc(F)cc1)C1CC1. The maximum Gasteiger partial charge on any atom is 0.255 e. The number of rotatable bonds is 4. The lowest BCUT2D eigenvalue weighted by molar-refractivity contribution is 0.0732. The molecule has 1 aromatic heterocycles. The Morgan fingerprint density at radius 1 is 1.13 bits per heavy atom. The van der Waals surface area contributed by atoms with Crippen LogP contribution < -0.4 is 0 Å². The summed E-state index contributed by atoms with van der Waals surface area (Å²) in [6.07, 6.45) is 2.10. The number of benzene rings is 2. The van der Waals surface area contributed by atoms with Crippen molar-refractivity contribution in [3.8, 4) is 0 Å². The van der Waals surface area contributed by atoms with Crippen molar-refractivity contribution in [1.29, 1.82) is 0 Å². The summed E-state index contributed by atoms with van der Waals surface area (Å²) in [6.45, 7) is 0.536. The van der Waals surface area contributed by atoms with E-state index in [2.05, 4.69) is 0 Å². The summed E-state index contributed by atoms with van der Waals surface area (Å²) in [5.74, 6) is -0.170. The van der Waals surface area contributed by atoms with Crippen molar-refractivity contribution < 1.29 is 9.18 Å². The van der Waals surface area contributed by atoms with E-state index in [1.54, 1.807) is 23.5 Å². The van der Waals surface area contributed by atoms with Gasteiger partial charge in [-0.1, -0.05) is 30.3 Å². The van der Waals surface area contributed by atoms with Crippen LogP contribution in [-0.2, 0) is 6.54 Å². The topological polar surface area (TPSA) is 20.3 Å². The molecule has 1 fully saturated rings. The van der Waals surface area contributed by atoms with Gasteiger partial charge in [0.15, 0.2) is 0 Å². The van der Waals surface area contributed by atoms with Gasteiger partial charge in [-0.15, -0.1) is 11.3 Å². The maximum atomic E-state index is 13.1. The molecule has 116 valence electrons. The van der Waals surface area contributed by atoms with Crippen LogP contribution in [0.2, 0.25) is 0 Å². The number of amides is 1. The highest BCUT2D eigenvalue weighted by Gasteiger charge is 2.33. The minimum absolute atomic E-state index is 0.0780. The third kappa shape index (κ3) is 2.86. The van der Waals surface area contributed by atoms with Crippen molar-refractivity contribution in [2.45, 2.75) is 25.4 Å². The number of hydrogen-bond acceptors (Lipinski definition) is 2. The van der Waals surface area contributed by atoms with Gasteiger partial charge in [-0.25, -0.2) is 4.39 Å². The second kappa shape index (κ2) is 5.78. The van der Waals surface area contributed by atoms with Gasteiger partial charge in [0.1, 0.15) is 5.82 Å². The Bertz CT molecular complexity index is 851. The largest absolute Gasteiger partial charge is 0.331 e. The van der Waals surface area contributed by atoms with Crippen LogP contribution in [0.25, 0.3) is 10.1 Å². The fraction of sp³-hybridized carbons (Fsp3) is 0.211. The van der Waals surface area contributed by atoms with Crippen LogP contribution in [0.1, 0.15) is 28.8 Å². The summed E-state index contributed by atoms with van der Waals surface area (Å²) in [6, 6.07) is 14.7. The summed E-state index contributed by atoms with van der Waals surface area (Å²) >= 11 is 1.60. The average Bonchev–Trinajstić information content (AvgIpc) is 3.32. The molecule has 0 bridgehead atoms. The Labute approximate surface area is 138 Å². The molecule has 2 nitrogen and oxygen atoms in total. The van der Waals surface area contributed by atoms with E-state index in [1.807, 2.05) is 34.5 Å². The molecule has 0 spiro atoms. The zero-order valence-electron chi connectivity index (χ0n) is 12.5. The van der Waals surface area contributed by atoms with Gasteiger partial charge in [0.25, 0.3) is 5.91 Å². The van der Waals surface area contributed by atoms with Crippen molar-refractivity contribution in [3.63, 3.8) is 0 Å². The van der Waals surface area contributed by atoms with E-state index in [0.717, 1.165) is 34.1 Å². The fourth-order valence-electron chi connectivity index (χ4n) is 2.84. The lowest BCUT2D eigenvalue weighted by atomic mass is 10.1. The van der Waals surface area contributed by atoms with E-state index in [0.29, 0.717) is 12.6 Å². The normalized spacial score (nSPS) is 14.1. The smallest absolute Gasteiger partial charge is 0.255 e. The number of fused-ring (bicyclic) bond motifs is 1. The Balaban J connectivity index is 1.64. The van der Waals surface area contributed by atoms with Gasteiger partial charge in [0.2, 0.25) is 0 Å². The van der Waals surface area contributed by atoms with Gasteiger partial charge < -0.3 is 4.90 Å². The first kappa shape index (κ1) is 14.4.